The van der Waals surface area contributed by atoms with E-state index in [4.69, 9.17) is 0 Å². The minimum Gasteiger partial charge on any atom is -0.313 e. The van der Waals surface area contributed by atoms with Crippen LogP contribution in [0, 0.1) is 0 Å². The van der Waals surface area contributed by atoms with E-state index in [-0.39, 0.29) is 5.41 Å². The number of para-hydroxylation sites is 1. The molecule has 3 aromatic carbocycles. The van der Waals surface area contributed by atoms with Gasteiger partial charge in [-0.1, -0.05) is 68.4 Å². The lowest BCUT2D eigenvalue weighted by Gasteiger charge is -2.21. The Morgan fingerprint density at radius 3 is 2.36 bits per heavy atom. The van der Waals surface area contributed by atoms with E-state index in [0.717, 1.165) is 0 Å². The molecule has 2 aliphatic rings. The molecule has 28 heavy (non-hydrogen) atoms. The third-order valence-electron chi connectivity index (χ3n) is 6.99. The van der Waals surface area contributed by atoms with Gasteiger partial charge in [0.1, 0.15) is 0 Å². The number of aromatic nitrogens is 1. The Balaban J connectivity index is 1.82. The van der Waals surface area contributed by atoms with Gasteiger partial charge in [0, 0.05) is 27.7 Å². The van der Waals surface area contributed by atoms with Gasteiger partial charge in [-0.15, -0.1) is 0 Å². The SMILES string of the molecule is CC1(C)c2ccccc2-c2c1ccc1c3c(n(-c4ccccc4)c21)CCCC3. The highest BCUT2D eigenvalue weighted by molar-refractivity contribution is 6.03. The molecule has 1 nitrogen and oxygen atoms in total. The van der Waals surface area contributed by atoms with Crippen molar-refractivity contribution in [2.24, 2.45) is 0 Å². The van der Waals surface area contributed by atoms with Crippen LogP contribution in [-0.2, 0) is 18.3 Å². The first kappa shape index (κ1) is 16.2. The van der Waals surface area contributed by atoms with Crippen LogP contribution >= 0.6 is 0 Å². The maximum Gasteiger partial charge on any atom is 0.0615 e. The molecule has 1 aromatic heterocycles. The Kier molecular flexibility index (Phi) is 3.24. The Morgan fingerprint density at radius 1 is 0.750 bits per heavy atom. The van der Waals surface area contributed by atoms with Gasteiger partial charge in [0.15, 0.2) is 0 Å². The normalized spacial score (nSPS) is 16.6. The highest BCUT2D eigenvalue weighted by atomic mass is 15.0. The zero-order valence-corrected chi connectivity index (χ0v) is 16.6. The molecule has 0 aliphatic heterocycles. The third-order valence-corrected chi connectivity index (χ3v) is 6.99. The van der Waals surface area contributed by atoms with Crippen molar-refractivity contribution < 1.29 is 0 Å². The summed E-state index contributed by atoms with van der Waals surface area (Å²) in [6.07, 6.45) is 4.98. The molecule has 2 aliphatic carbocycles. The van der Waals surface area contributed by atoms with Gasteiger partial charge in [0.25, 0.3) is 0 Å². The molecule has 0 amide bonds. The molecule has 1 heterocycles. The Morgan fingerprint density at radius 2 is 1.50 bits per heavy atom. The van der Waals surface area contributed by atoms with E-state index in [2.05, 4.69) is 85.1 Å². The monoisotopic (exact) mass is 363 g/mol. The van der Waals surface area contributed by atoms with Crippen molar-refractivity contribution in [1.82, 2.24) is 4.57 Å². The van der Waals surface area contributed by atoms with E-state index < -0.39 is 0 Å². The molecule has 0 saturated heterocycles. The number of fused-ring (bicyclic) bond motifs is 7. The van der Waals surface area contributed by atoms with Gasteiger partial charge in [0.2, 0.25) is 0 Å². The van der Waals surface area contributed by atoms with Crippen LogP contribution in [-0.4, -0.2) is 4.57 Å². The van der Waals surface area contributed by atoms with Gasteiger partial charge in [-0.25, -0.2) is 0 Å². The summed E-state index contributed by atoms with van der Waals surface area (Å²) in [7, 11) is 0. The third kappa shape index (κ3) is 1.97. The summed E-state index contributed by atoms with van der Waals surface area (Å²) < 4.78 is 2.58. The van der Waals surface area contributed by atoms with E-state index in [0.29, 0.717) is 0 Å². The fourth-order valence-electron chi connectivity index (χ4n) is 5.67. The van der Waals surface area contributed by atoms with Crippen LogP contribution in [0.2, 0.25) is 0 Å². The molecule has 0 radical (unpaired) electrons. The van der Waals surface area contributed by atoms with Gasteiger partial charge < -0.3 is 4.57 Å². The van der Waals surface area contributed by atoms with Gasteiger partial charge in [-0.2, -0.15) is 0 Å². The lowest BCUT2D eigenvalue weighted by molar-refractivity contribution is 0.660. The van der Waals surface area contributed by atoms with Crippen LogP contribution in [0.15, 0.2) is 66.7 Å². The molecule has 6 rings (SSSR count). The van der Waals surface area contributed by atoms with Crippen LogP contribution in [0.4, 0.5) is 0 Å². The number of hydrogen-bond donors (Lipinski definition) is 0. The molecule has 0 unspecified atom stereocenters. The predicted molar refractivity (Wildman–Crippen MR) is 117 cm³/mol. The summed E-state index contributed by atoms with van der Waals surface area (Å²) in [6.45, 7) is 4.75. The summed E-state index contributed by atoms with van der Waals surface area (Å²) in [4.78, 5) is 0. The van der Waals surface area contributed by atoms with Gasteiger partial charge in [-0.3, -0.25) is 0 Å². The van der Waals surface area contributed by atoms with Crippen molar-refractivity contribution >= 4 is 10.9 Å². The van der Waals surface area contributed by atoms with Crippen molar-refractivity contribution in [3.8, 4) is 16.8 Å². The summed E-state index contributed by atoms with van der Waals surface area (Å²) in [5.74, 6) is 0. The van der Waals surface area contributed by atoms with Gasteiger partial charge in [-0.05, 0) is 60.1 Å². The molecular weight excluding hydrogens is 338 g/mol. The molecule has 0 N–H and O–H groups in total. The average molecular weight is 364 g/mol. The zero-order chi connectivity index (χ0) is 18.9. The summed E-state index contributed by atoms with van der Waals surface area (Å²) in [5, 5.41) is 1.46. The lowest BCUT2D eigenvalue weighted by atomic mass is 9.82. The van der Waals surface area contributed by atoms with Crippen LogP contribution in [0.25, 0.3) is 27.7 Å². The number of hydrogen-bond acceptors (Lipinski definition) is 0. The molecule has 0 fully saturated rings. The molecule has 0 saturated carbocycles. The van der Waals surface area contributed by atoms with Crippen LogP contribution in [0.1, 0.15) is 49.1 Å². The zero-order valence-electron chi connectivity index (χ0n) is 16.6. The number of aryl methyl sites for hydroxylation is 1. The topological polar surface area (TPSA) is 4.93 Å². The van der Waals surface area contributed by atoms with E-state index in [1.54, 1.807) is 5.56 Å². The van der Waals surface area contributed by atoms with Crippen molar-refractivity contribution in [2.75, 3.05) is 0 Å². The highest BCUT2D eigenvalue weighted by Crippen LogP contribution is 2.52. The smallest absolute Gasteiger partial charge is 0.0615 e. The fraction of sp³-hybridized carbons (Fsp3) is 0.259. The van der Waals surface area contributed by atoms with Crippen LogP contribution < -0.4 is 0 Å². The van der Waals surface area contributed by atoms with E-state index in [9.17, 15) is 0 Å². The van der Waals surface area contributed by atoms with E-state index >= 15 is 0 Å². The molecule has 1 heteroatoms. The second-order valence-corrected chi connectivity index (χ2v) is 8.86. The van der Waals surface area contributed by atoms with Crippen molar-refractivity contribution in [3.05, 3.63) is 89.1 Å². The maximum atomic E-state index is 2.58. The average Bonchev–Trinajstić information content (AvgIpc) is 3.19. The van der Waals surface area contributed by atoms with Crippen LogP contribution in [0.5, 0.6) is 0 Å². The Labute approximate surface area is 166 Å². The second kappa shape index (κ2) is 5.61. The molecule has 4 aromatic rings. The summed E-state index contributed by atoms with van der Waals surface area (Å²) in [6, 6.07) is 24.8. The molecule has 0 bridgehead atoms. The predicted octanol–water partition coefficient (Wildman–Crippen LogP) is 6.82. The first-order valence-corrected chi connectivity index (χ1v) is 10.5. The van der Waals surface area contributed by atoms with Crippen LogP contribution in [0.3, 0.4) is 0 Å². The first-order valence-electron chi connectivity index (χ1n) is 10.5. The van der Waals surface area contributed by atoms with E-state index in [1.165, 1.54) is 70.2 Å². The fourth-order valence-corrected chi connectivity index (χ4v) is 5.67. The largest absolute Gasteiger partial charge is 0.313 e. The molecular formula is C27H25N. The first-order chi connectivity index (χ1) is 13.7. The summed E-state index contributed by atoms with van der Waals surface area (Å²) >= 11 is 0. The highest BCUT2D eigenvalue weighted by Gasteiger charge is 2.38. The lowest BCUT2D eigenvalue weighted by Crippen LogP contribution is -2.14. The summed E-state index contributed by atoms with van der Waals surface area (Å²) in [5.41, 5.74) is 11.7. The minimum absolute atomic E-state index is 0.0480. The van der Waals surface area contributed by atoms with Crippen molar-refractivity contribution in [3.63, 3.8) is 0 Å². The Bertz CT molecular complexity index is 1220. The maximum absolute atomic E-state index is 2.58. The molecule has 0 spiro atoms. The van der Waals surface area contributed by atoms with Crippen molar-refractivity contribution in [1.29, 1.82) is 0 Å². The number of nitrogens with zero attached hydrogens (tertiary/aromatic N) is 1. The quantitative estimate of drug-likeness (QED) is 0.350. The molecule has 0 atom stereocenters. The minimum atomic E-state index is 0.0480. The van der Waals surface area contributed by atoms with Crippen molar-refractivity contribution in [2.45, 2.75) is 44.9 Å². The Hall–Kier alpha value is -2.80. The second-order valence-electron chi connectivity index (χ2n) is 8.86. The number of rotatable bonds is 1. The number of benzene rings is 3. The standard InChI is InChI=1S/C27H25N/c1-27(2)22-14-8-6-13-21(22)25-23(27)17-16-20-19-12-7-9-15-24(19)28(26(20)25)18-10-4-3-5-11-18/h3-6,8,10-11,13-14,16-17H,7,9,12,15H2,1-2H3. The van der Waals surface area contributed by atoms with E-state index in [1.807, 2.05) is 0 Å². The van der Waals surface area contributed by atoms with Gasteiger partial charge in [0.05, 0.1) is 5.52 Å². The van der Waals surface area contributed by atoms with Gasteiger partial charge >= 0.3 is 0 Å². The molecule has 138 valence electrons.